The van der Waals surface area contributed by atoms with Crippen molar-refractivity contribution in [2.45, 2.75) is 5.60 Å². The highest BCUT2D eigenvalue weighted by Gasteiger charge is 2.36. The van der Waals surface area contributed by atoms with Crippen molar-refractivity contribution in [1.82, 2.24) is 0 Å². The average molecular weight is 357 g/mol. The molecule has 0 saturated carbocycles. The summed E-state index contributed by atoms with van der Waals surface area (Å²) in [5, 5.41) is 10.4. The lowest BCUT2D eigenvalue weighted by Gasteiger charge is -2.27. The maximum absolute atomic E-state index is 13.8. The largest absolute Gasteiger partial charge is 0.461 e. The Kier molecular flexibility index (Phi) is 6.99. The molecule has 9 heteroatoms. The minimum absolute atomic E-state index is 0.404. The van der Waals surface area contributed by atoms with Crippen LogP contribution in [-0.4, -0.2) is 42.0 Å². The molecule has 0 fully saturated rings. The van der Waals surface area contributed by atoms with Crippen molar-refractivity contribution in [3.8, 4) is 0 Å². The predicted molar refractivity (Wildman–Crippen MR) is 73.6 cm³/mol. The first-order valence-electron chi connectivity index (χ1n) is 5.93. The highest BCUT2D eigenvalue weighted by Crippen LogP contribution is 2.26. The van der Waals surface area contributed by atoms with Crippen LogP contribution in [0.25, 0.3) is 0 Å². The summed E-state index contributed by atoms with van der Waals surface area (Å²) >= 11 is 10.5. The van der Waals surface area contributed by atoms with Crippen molar-refractivity contribution in [2.24, 2.45) is 0 Å². The molecule has 1 N–H and O–H groups in total. The van der Waals surface area contributed by atoms with Crippen LogP contribution in [0.5, 0.6) is 0 Å². The highest BCUT2D eigenvalue weighted by atomic mass is 35.5. The minimum atomic E-state index is -2.21. The Morgan fingerprint density at radius 2 is 1.59 bits per heavy atom. The number of halogens is 4. The van der Waals surface area contributed by atoms with Gasteiger partial charge in [-0.15, -0.1) is 23.2 Å². The van der Waals surface area contributed by atoms with Crippen molar-refractivity contribution < 1.29 is 33.0 Å². The van der Waals surface area contributed by atoms with E-state index in [1.807, 2.05) is 0 Å². The van der Waals surface area contributed by atoms with Gasteiger partial charge in [-0.05, 0) is 6.07 Å². The Morgan fingerprint density at radius 3 is 2.00 bits per heavy atom. The molecule has 0 aliphatic rings. The first-order chi connectivity index (χ1) is 10.3. The number of ether oxygens (including phenoxy) is 2. The molecule has 0 spiro atoms. The molecule has 0 aliphatic heterocycles. The molecule has 122 valence electrons. The smallest absolute Gasteiger partial charge is 0.320 e. The molecular formula is C13H12Cl2F2O5. The molecule has 1 aromatic carbocycles. The molecule has 5 nitrogen and oxygen atoms in total. The van der Waals surface area contributed by atoms with Crippen LogP contribution in [0.15, 0.2) is 18.2 Å². The van der Waals surface area contributed by atoms with Gasteiger partial charge in [0, 0.05) is 11.6 Å². The van der Waals surface area contributed by atoms with Crippen molar-refractivity contribution in [3.05, 3.63) is 35.4 Å². The van der Waals surface area contributed by atoms with Crippen LogP contribution in [0.4, 0.5) is 8.78 Å². The summed E-state index contributed by atoms with van der Waals surface area (Å²) in [7, 11) is 0. The van der Waals surface area contributed by atoms with Crippen molar-refractivity contribution in [1.29, 1.82) is 0 Å². The van der Waals surface area contributed by atoms with E-state index in [1.54, 1.807) is 0 Å². The van der Waals surface area contributed by atoms with Crippen LogP contribution in [0.1, 0.15) is 5.56 Å². The van der Waals surface area contributed by atoms with Crippen LogP contribution in [-0.2, 0) is 24.7 Å². The summed E-state index contributed by atoms with van der Waals surface area (Å²) in [5.74, 6) is -4.66. The van der Waals surface area contributed by atoms with Gasteiger partial charge in [-0.1, -0.05) is 6.07 Å². The zero-order valence-corrected chi connectivity index (χ0v) is 12.7. The molecular weight excluding hydrogens is 345 g/mol. The molecule has 0 aliphatic carbocycles. The first kappa shape index (κ1) is 18.6. The number of benzene rings is 1. The van der Waals surface area contributed by atoms with E-state index in [4.69, 9.17) is 23.2 Å². The summed E-state index contributed by atoms with van der Waals surface area (Å²) in [6.45, 7) is -1.48. The zero-order chi connectivity index (χ0) is 16.8. The first-order valence-corrected chi connectivity index (χ1v) is 7.00. The third-order valence-corrected chi connectivity index (χ3v) is 3.03. The summed E-state index contributed by atoms with van der Waals surface area (Å²) in [6, 6.07) is 2.39. The van der Waals surface area contributed by atoms with Crippen LogP contribution in [0.3, 0.4) is 0 Å². The third-order valence-electron chi connectivity index (χ3n) is 2.59. The van der Waals surface area contributed by atoms with Crippen molar-refractivity contribution in [2.75, 3.05) is 25.0 Å². The van der Waals surface area contributed by atoms with Gasteiger partial charge in [0.15, 0.2) is 5.60 Å². The van der Waals surface area contributed by atoms with Gasteiger partial charge in [0.2, 0.25) is 0 Å². The second-order valence-electron chi connectivity index (χ2n) is 4.24. The minimum Gasteiger partial charge on any atom is -0.461 e. The summed E-state index contributed by atoms with van der Waals surface area (Å²) in [4.78, 5) is 22.2. The molecule has 22 heavy (non-hydrogen) atoms. The highest BCUT2D eigenvalue weighted by molar-refractivity contribution is 6.26. The van der Waals surface area contributed by atoms with E-state index in [2.05, 4.69) is 9.47 Å². The lowest BCUT2D eigenvalue weighted by atomic mass is 9.95. The lowest BCUT2D eigenvalue weighted by Crippen LogP contribution is -2.39. The fraction of sp³-hybridized carbons (Fsp3) is 0.385. The Bertz CT molecular complexity index is 533. The lowest BCUT2D eigenvalue weighted by molar-refractivity contribution is -0.161. The quantitative estimate of drug-likeness (QED) is 0.594. The number of alkyl halides is 2. The summed E-state index contributed by atoms with van der Waals surface area (Å²) < 4.78 is 36.1. The molecule has 1 aromatic rings. The monoisotopic (exact) mass is 356 g/mol. The molecule has 0 amide bonds. The topological polar surface area (TPSA) is 72.8 Å². The Morgan fingerprint density at radius 1 is 1.09 bits per heavy atom. The van der Waals surface area contributed by atoms with Gasteiger partial charge >= 0.3 is 11.9 Å². The fourth-order valence-corrected chi connectivity index (χ4v) is 1.70. The SMILES string of the molecule is O=C(CCl)OCC(O)(COC(=O)CCl)c1ccc(F)cc1F. The van der Waals surface area contributed by atoms with Crippen LogP contribution in [0, 0.1) is 11.6 Å². The predicted octanol–water partition coefficient (Wildman–Crippen LogP) is 1.72. The van der Waals surface area contributed by atoms with E-state index in [0.717, 1.165) is 12.1 Å². The number of aliphatic hydroxyl groups is 1. The Labute approximate surface area is 134 Å². The third kappa shape index (κ3) is 5.08. The fourth-order valence-electron chi connectivity index (χ4n) is 1.54. The summed E-state index contributed by atoms with van der Waals surface area (Å²) in [5.41, 5.74) is -2.61. The van der Waals surface area contributed by atoms with E-state index >= 15 is 0 Å². The van der Waals surface area contributed by atoms with Crippen LogP contribution >= 0.6 is 23.2 Å². The molecule has 0 saturated heterocycles. The van der Waals surface area contributed by atoms with E-state index in [-0.39, 0.29) is 0 Å². The number of esters is 2. The van der Waals surface area contributed by atoms with E-state index in [0.29, 0.717) is 6.07 Å². The van der Waals surface area contributed by atoms with Gasteiger partial charge in [-0.25, -0.2) is 8.78 Å². The number of carbonyl (C=O) groups excluding carboxylic acids is 2. The van der Waals surface area contributed by atoms with Crippen molar-refractivity contribution >= 4 is 35.1 Å². The molecule has 0 radical (unpaired) electrons. The molecule has 0 heterocycles. The maximum atomic E-state index is 13.8. The molecule has 0 unspecified atom stereocenters. The normalized spacial score (nSPS) is 11.1. The summed E-state index contributed by atoms with van der Waals surface area (Å²) in [6.07, 6.45) is 0. The second-order valence-corrected chi connectivity index (χ2v) is 4.78. The van der Waals surface area contributed by atoms with Crippen molar-refractivity contribution in [3.63, 3.8) is 0 Å². The van der Waals surface area contributed by atoms with Gasteiger partial charge in [-0.2, -0.15) is 0 Å². The number of rotatable bonds is 7. The number of hydrogen-bond donors (Lipinski definition) is 1. The van der Waals surface area contributed by atoms with Crippen LogP contribution in [0.2, 0.25) is 0 Å². The van der Waals surface area contributed by atoms with Gasteiger partial charge in [0.1, 0.15) is 36.6 Å². The molecule has 0 aromatic heterocycles. The average Bonchev–Trinajstić information content (AvgIpc) is 2.50. The van der Waals surface area contributed by atoms with Gasteiger partial charge in [0.05, 0.1) is 0 Å². The van der Waals surface area contributed by atoms with Gasteiger partial charge < -0.3 is 14.6 Å². The van der Waals surface area contributed by atoms with Gasteiger partial charge in [-0.3, -0.25) is 9.59 Å². The molecule has 0 atom stereocenters. The zero-order valence-electron chi connectivity index (χ0n) is 11.2. The molecule has 0 bridgehead atoms. The second kappa shape index (κ2) is 8.26. The van der Waals surface area contributed by atoms with E-state index in [9.17, 15) is 23.5 Å². The van der Waals surface area contributed by atoms with Crippen LogP contribution < -0.4 is 0 Å². The van der Waals surface area contributed by atoms with E-state index in [1.165, 1.54) is 0 Å². The standard InChI is InChI=1S/C13H12Cl2F2O5/c14-4-11(18)21-6-13(20,7-22-12(19)5-15)9-2-1-8(16)3-10(9)17/h1-3,20H,4-7H2. The number of carbonyl (C=O) groups is 2. The Balaban J connectivity index is 3.02. The maximum Gasteiger partial charge on any atom is 0.320 e. The van der Waals surface area contributed by atoms with E-state index < -0.39 is 59.7 Å². The van der Waals surface area contributed by atoms with Gasteiger partial charge in [0.25, 0.3) is 0 Å². The Hall–Kier alpha value is -1.44. The number of hydrogen-bond acceptors (Lipinski definition) is 5. The molecule has 1 rings (SSSR count).